The van der Waals surface area contributed by atoms with Gasteiger partial charge >= 0.3 is 0 Å². The quantitative estimate of drug-likeness (QED) is 0.310. The van der Waals surface area contributed by atoms with E-state index in [9.17, 15) is 8.42 Å². The Morgan fingerprint density at radius 2 is 1.70 bits per heavy atom. The lowest BCUT2D eigenvalue weighted by Crippen LogP contribution is -2.43. The molecule has 0 radical (unpaired) electrons. The van der Waals surface area contributed by atoms with Crippen LogP contribution in [0.5, 0.6) is 0 Å². The number of aliphatic imine (C=N–C) groups is 1. The first kappa shape index (κ1) is 26.4. The Balaban J connectivity index is 0.00000450. The standard InChI is InChI=1S/C23H33N3O2S.HI/c1-7-24-22(26-16-23(4,5)20-11-9-8-10-17(20)2)25-15-19-12-13-21(18(3)14-19)29(6,27)28;/h8-14H,7,15-16H2,1-6H3,(H2,24,25,26);1H. The van der Waals surface area contributed by atoms with E-state index in [0.29, 0.717) is 11.4 Å². The van der Waals surface area contributed by atoms with Crippen LogP contribution in [0.2, 0.25) is 0 Å². The van der Waals surface area contributed by atoms with Gasteiger partial charge < -0.3 is 10.6 Å². The molecule has 0 unspecified atom stereocenters. The summed E-state index contributed by atoms with van der Waals surface area (Å²) in [6.45, 7) is 12.4. The molecular formula is C23H34IN3O2S. The van der Waals surface area contributed by atoms with Crippen LogP contribution >= 0.6 is 24.0 Å². The van der Waals surface area contributed by atoms with Crippen molar-refractivity contribution in [2.24, 2.45) is 4.99 Å². The molecule has 0 spiro atoms. The van der Waals surface area contributed by atoms with Gasteiger partial charge in [-0.1, -0.05) is 50.2 Å². The Kier molecular flexibility index (Phi) is 9.81. The summed E-state index contributed by atoms with van der Waals surface area (Å²) in [5.41, 5.74) is 4.28. The Morgan fingerprint density at radius 1 is 1.03 bits per heavy atom. The van der Waals surface area contributed by atoms with Crippen LogP contribution in [-0.4, -0.2) is 33.7 Å². The van der Waals surface area contributed by atoms with Gasteiger partial charge in [-0.05, 0) is 49.1 Å². The third-order valence-electron chi connectivity index (χ3n) is 4.97. The van der Waals surface area contributed by atoms with Gasteiger partial charge in [-0.15, -0.1) is 24.0 Å². The largest absolute Gasteiger partial charge is 0.357 e. The highest BCUT2D eigenvalue weighted by Gasteiger charge is 2.22. The number of nitrogens with zero attached hydrogens (tertiary/aromatic N) is 1. The van der Waals surface area contributed by atoms with Crippen LogP contribution in [0.4, 0.5) is 0 Å². The Bertz CT molecular complexity index is 986. The van der Waals surface area contributed by atoms with Crippen molar-refractivity contribution in [3.8, 4) is 0 Å². The predicted octanol–water partition coefficient (Wildman–Crippen LogP) is 4.36. The highest BCUT2D eigenvalue weighted by Crippen LogP contribution is 2.25. The van der Waals surface area contributed by atoms with E-state index >= 15 is 0 Å². The molecule has 30 heavy (non-hydrogen) atoms. The van der Waals surface area contributed by atoms with Gasteiger partial charge in [-0.25, -0.2) is 13.4 Å². The molecule has 0 amide bonds. The van der Waals surface area contributed by atoms with Crippen LogP contribution in [0.25, 0.3) is 0 Å². The molecule has 0 aromatic heterocycles. The summed E-state index contributed by atoms with van der Waals surface area (Å²) >= 11 is 0. The number of halogens is 1. The van der Waals surface area contributed by atoms with E-state index in [0.717, 1.165) is 30.2 Å². The van der Waals surface area contributed by atoms with Crippen molar-refractivity contribution < 1.29 is 8.42 Å². The molecule has 2 rings (SSSR count). The maximum atomic E-state index is 11.8. The number of rotatable bonds is 7. The number of benzene rings is 2. The molecule has 0 aliphatic carbocycles. The molecule has 0 saturated carbocycles. The third-order valence-corrected chi connectivity index (χ3v) is 6.23. The lowest BCUT2D eigenvalue weighted by molar-refractivity contribution is 0.506. The SMILES string of the molecule is CCNC(=NCc1ccc(S(C)(=O)=O)c(C)c1)NCC(C)(C)c1ccccc1C.I. The zero-order chi connectivity index (χ0) is 21.7. The fourth-order valence-electron chi connectivity index (χ4n) is 3.47. The van der Waals surface area contributed by atoms with Crippen molar-refractivity contribution in [2.45, 2.75) is 51.5 Å². The minimum atomic E-state index is -3.21. The molecule has 0 aliphatic heterocycles. The van der Waals surface area contributed by atoms with Crippen LogP contribution in [0.1, 0.15) is 43.0 Å². The molecule has 2 aromatic carbocycles. The second-order valence-electron chi connectivity index (χ2n) is 8.12. The number of guanidine groups is 1. The maximum Gasteiger partial charge on any atom is 0.191 e. The summed E-state index contributed by atoms with van der Waals surface area (Å²) in [6.07, 6.45) is 1.23. The average Bonchev–Trinajstić information content (AvgIpc) is 2.63. The van der Waals surface area contributed by atoms with E-state index in [-0.39, 0.29) is 29.4 Å². The molecule has 0 heterocycles. The van der Waals surface area contributed by atoms with E-state index in [4.69, 9.17) is 0 Å². The highest BCUT2D eigenvalue weighted by atomic mass is 127. The summed E-state index contributed by atoms with van der Waals surface area (Å²) in [7, 11) is -3.21. The van der Waals surface area contributed by atoms with Crippen LogP contribution in [-0.2, 0) is 21.8 Å². The minimum absolute atomic E-state index is 0. The zero-order valence-electron chi connectivity index (χ0n) is 18.7. The summed E-state index contributed by atoms with van der Waals surface area (Å²) in [4.78, 5) is 5.05. The lowest BCUT2D eigenvalue weighted by Gasteiger charge is -2.28. The van der Waals surface area contributed by atoms with Crippen molar-refractivity contribution in [1.29, 1.82) is 0 Å². The van der Waals surface area contributed by atoms with Crippen molar-refractivity contribution in [1.82, 2.24) is 10.6 Å². The second kappa shape index (κ2) is 11.1. The van der Waals surface area contributed by atoms with Gasteiger partial charge in [0, 0.05) is 24.8 Å². The molecule has 0 fully saturated rings. The first-order chi connectivity index (χ1) is 13.5. The molecule has 0 aliphatic rings. The van der Waals surface area contributed by atoms with Gasteiger partial charge in [-0.3, -0.25) is 0 Å². The van der Waals surface area contributed by atoms with Crippen molar-refractivity contribution in [3.05, 3.63) is 64.7 Å². The molecule has 7 heteroatoms. The van der Waals surface area contributed by atoms with Crippen molar-refractivity contribution >= 4 is 39.8 Å². The molecule has 2 aromatic rings. The van der Waals surface area contributed by atoms with Crippen LogP contribution < -0.4 is 10.6 Å². The first-order valence-corrected chi connectivity index (χ1v) is 11.8. The van der Waals surface area contributed by atoms with Crippen LogP contribution in [0.15, 0.2) is 52.4 Å². The summed E-state index contributed by atoms with van der Waals surface area (Å²) in [5.74, 6) is 0.749. The number of aryl methyl sites for hydroxylation is 2. The maximum absolute atomic E-state index is 11.8. The normalized spacial score (nSPS) is 12.3. The summed E-state index contributed by atoms with van der Waals surface area (Å²) in [5, 5.41) is 6.73. The smallest absolute Gasteiger partial charge is 0.191 e. The lowest BCUT2D eigenvalue weighted by atomic mass is 9.82. The van der Waals surface area contributed by atoms with Gasteiger partial charge in [0.05, 0.1) is 11.4 Å². The van der Waals surface area contributed by atoms with E-state index in [2.05, 4.69) is 60.7 Å². The number of nitrogens with one attached hydrogen (secondary N) is 2. The predicted molar refractivity (Wildman–Crippen MR) is 137 cm³/mol. The average molecular weight is 544 g/mol. The Hall–Kier alpha value is -1.61. The van der Waals surface area contributed by atoms with E-state index in [1.807, 2.05) is 26.0 Å². The van der Waals surface area contributed by atoms with Crippen molar-refractivity contribution in [3.63, 3.8) is 0 Å². The Morgan fingerprint density at radius 3 is 2.27 bits per heavy atom. The zero-order valence-corrected chi connectivity index (χ0v) is 21.9. The van der Waals surface area contributed by atoms with Gasteiger partial charge in [0.25, 0.3) is 0 Å². The van der Waals surface area contributed by atoms with Crippen LogP contribution in [0, 0.1) is 13.8 Å². The summed E-state index contributed by atoms with van der Waals surface area (Å²) < 4.78 is 23.6. The van der Waals surface area contributed by atoms with E-state index in [1.165, 1.54) is 17.4 Å². The fourth-order valence-corrected chi connectivity index (χ4v) is 4.43. The highest BCUT2D eigenvalue weighted by molar-refractivity contribution is 14.0. The Labute approximate surface area is 198 Å². The molecule has 0 saturated heterocycles. The second-order valence-corrected chi connectivity index (χ2v) is 10.1. The monoisotopic (exact) mass is 543 g/mol. The summed E-state index contributed by atoms with van der Waals surface area (Å²) in [6, 6.07) is 13.8. The van der Waals surface area contributed by atoms with Gasteiger partial charge in [0.1, 0.15) is 0 Å². The molecule has 0 bridgehead atoms. The van der Waals surface area contributed by atoms with Crippen LogP contribution in [0.3, 0.4) is 0 Å². The minimum Gasteiger partial charge on any atom is -0.357 e. The fraction of sp³-hybridized carbons (Fsp3) is 0.435. The molecule has 2 N–H and O–H groups in total. The molecular weight excluding hydrogens is 509 g/mol. The number of hydrogen-bond acceptors (Lipinski definition) is 3. The van der Waals surface area contributed by atoms with Crippen molar-refractivity contribution in [2.75, 3.05) is 19.3 Å². The molecule has 166 valence electrons. The van der Waals surface area contributed by atoms with E-state index in [1.54, 1.807) is 6.07 Å². The topological polar surface area (TPSA) is 70.6 Å². The van der Waals surface area contributed by atoms with Gasteiger partial charge in [0.15, 0.2) is 15.8 Å². The first-order valence-electron chi connectivity index (χ1n) is 9.92. The number of sulfone groups is 1. The van der Waals surface area contributed by atoms with E-state index < -0.39 is 9.84 Å². The third kappa shape index (κ3) is 7.27. The van der Waals surface area contributed by atoms with Gasteiger partial charge in [0.2, 0.25) is 0 Å². The molecule has 5 nitrogen and oxygen atoms in total. The molecule has 0 atom stereocenters. The number of hydrogen-bond donors (Lipinski definition) is 2. The van der Waals surface area contributed by atoms with Gasteiger partial charge in [-0.2, -0.15) is 0 Å².